The largest absolute Gasteiger partial charge is 0.383 e. The van der Waals surface area contributed by atoms with Gasteiger partial charge >= 0.3 is 0 Å². The minimum Gasteiger partial charge on any atom is -0.383 e. The van der Waals surface area contributed by atoms with Crippen molar-refractivity contribution in [3.8, 4) is 0 Å². The van der Waals surface area contributed by atoms with Gasteiger partial charge in [-0.15, -0.1) is 11.3 Å². The molecule has 2 aromatic heterocycles. The number of ether oxygens (including phenoxy) is 1. The molecule has 1 amide bonds. The van der Waals surface area contributed by atoms with E-state index in [-0.39, 0.29) is 11.9 Å². The van der Waals surface area contributed by atoms with E-state index >= 15 is 0 Å². The Hall–Kier alpha value is -1.73. The van der Waals surface area contributed by atoms with Gasteiger partial charge < -0.3 is 15.0 Å². The lowest BCUT2D eigenvalue weighted by molar-refractivity contribution is -0.128. The summed E-state index contributed by atoms with van der Waals surface area (Å²) in [5, 5.41) is 4.50. The minimum atomic E-state index is 0.0852. The van der Waals surface area contributed by atoms with E-state index < -0.39 is 0 Å². The van der Waals surface area contributed by atoms with Gasteiger partial charge in [0.15, 0.2) is 0 Å². The van der Waals surface area contributed by atoms with Gasteiger partial charge in [-0.25, -0.2) is 9.97 Å². The highest BCUT2D eigenvalue weighted by Crippen LogP contribution is 2.33. The summed E-state index contributed by atoms with van der Waals surface area (Å²) in [6, 6.07) is 0.0852. The van der Waals surface area contributed by atoms with Crippen LogP contribution in [-0.2, 0) is 9.53 Å². The Balaban J connectivity index is 1.78. The summed E-state index contributed by atoms with van der Waals surface area (Å²) in [7, 11) is 1.65. The molecule has 1 atom stereocenters. The maximum Gasteiger partial charge on any atom is 0.224 e. The maximum absolute atomic E-state index is 12.0. The fraction of sp³-hybridized carbons (Fsp3) is 0.533. The number of amides is 1. The monoisotopic (exact) mass is 320 g/mol. The van der Waals surface area contributed by atoms with Crippen LogP contribution in [0.1, 0.15) is 16.9 Å². The molecule has 2 aromatic rings. The number of nitrogens with zero attached hydrogens (tertiary/aromatic N) is 3. The first-order valence-corrected chi connectivity index (χ1v) is 8.15. The Morgan fingerprint density at radius 1 is 1.45 bits per heavy atom. The van der Waals surface area contributed by atoms with Gasteiger partial charge in [-0.3, -0.25) is 4.79 Å². The van der Waals surface area contributed by atoms with E-state index in [1.54, 1.807) is 24.8 Å². The summed E-state index contributed by atoms with van der Waals surface area (Å²) >= 11 is 1.68. The van der Waals surface area contributed by atoms with E-state index in [9.17, 15) is 4.79 Å². The fourth-order valence-electron chi connectivity index (χ4n) is 2.77. The van der Waals surface area contributed by atoms with Crippen molar-refractivity contribution in [1.29, 1.82) is 0 Å². The van der Waals surface area contributed by atoms with Crippen LogP contribution in [0.5, 0.6) is 0 Å². The lowest BCUT2D eigenvalue weighted by atomic mass is 10.2. The zero-order valence-corrected chi connectivity index (χ0v) is 13.9. The van der Waals surface area contributed by atoms with E-state index in [0.29, 0.717) is 26.1 Å². The number of aryl methyl sites for hydroxylation is 2. The molecule has 118 valence electrons. The van der Waals surface area contributed by atoms with Crippen molar-refractivity contribution in [2.45, 2.75) is 26.3 Å². The number of carbonyl (C=O) groups is 1. The molecule has 1 aliphatic rings. The maximum atomic E-state index is 12.0. The number of aromatic nitrogens is 2. The number of carbonyl (C=O) groups excluding carboxylic acids is 1. The Labute approximate surface area is 133 Å². The summed E-state index contributed by atoms with van der Waals surface area (Å²) in [5.41, 5.74) is 1.21. The zero-order chi connectivity index (χ0) is 15.7. The van der Waals surface area contributed by atoms with Crippen LogP contribution in [-0.4, -0.2) is 53.6 Å². The molecule has 3 rings (SSSR count). The molecule has 0 spiro atoms. The summed E-state index contributed by atoms with van der Waals surface area (Å²) in [6.45, 7) is 6.09. The van der Waals surface area contributed by atoms with Crippen LogP contribution in [0.15, 0.2) is 6.33 Å². The van der Waals surface area contributed by atoms with E-state index in [1.165, 1.54) is 10.4 Å². The lowest BCUT2D eigenvalue weighted by Gasteiger charge is -2.17. The summed E-state index contributed by atoms with van der Waals surface area (Å²) in [4.78, 5) is 24.8. The Bertz CT molecular complexity index is 700. The molecule has 1 aliphatic heterocycles. The second kappa shape index (κ2) is 6.18. The molecule has 7 heteroatoms. The van der Waals surface area contributed by atoms with Crippen LogP contribution in [0, 0.1) is 13.8 Å². The number of hydrogen-bond acceptors (Lipinski definition) is 6. The number of fused-ring (bicyclic) bond motifs is 1. The van der Waals surface area contributed by atoms with Gasteiger partial charge in [0.1, 0.15) is 17.0 Å². The highest BCUT2D eigenvalue weighted by molar-refractivity contribution is 7.18. The standard InChI is InChI=1S/C15H20N4O2S/c1-9-10(2)22-15-13(9)14(16-8-17-15)18-11-6-12(20)19(7-11)4-5-21-3/h8,11H,4-7H2,1-3H3,(H,16,17,18)/t11-/m1/s1. The van der Waals surface area contributed by atoms with E-state index in [4.69, 9.17) is 4.74 Å². The first kappa shape index (κ1) is 15.2. The highest BCUT2D eigenvalue weighted by Gasteiger charge is 2.30. The lowest BCUT2D eigenvalue weighted by Crippen LogP contribution is -2.31. The molecular formula is C15H20N4O2S. The molecule has 0 bridgehead atoms. The van der Waals surface area contributed by atoms with E-state index in [0.717, 1.165) is 16.0 Å². The molecule has 22 heavy (non-hydrogen) atoms. The van der Waals surface area contributed by atoms with Gasteiger partial charge in [0.25, 0.3) is 0 Å². The molecule has 1 fully saturated rings. The van der Waals surface area contributed by atoms with Gasteiger partial charge in [-0.2, -0.15) is 0 Å². The molecule has 3 heterocycles. The Kier molecular flexibility index (Phi) is 4.26. The van der Waals surface area contributed by atoms with Crippen molar-refractivity contribution < 1.29 is 9.53 Å². The fourth-order valence-corrected chi connectivity index (χ4v) is 3.77. The predicted octanol–water partition coefficient (Wildman–Crippen LogP) is 1.97. The van der Waals surface area contributed by atoms with Crippen molar-refractivity contribution in [1.82, 2.24) is 14.9 Å². The molecule has 0 saturated carbocycles. The van der Waals surface area contributed by atoms with Crippen LogP contribution in [0.3, 0.4) is 0 Å². The summed E-state index contributed by atoms with van der Waals surface area (Å²) in [6.07, 6.45) is 2.08. The van der Waals surface area contributed by atoms with Gasteiger partial charge in [-0.1, -0.05) is 0 Å². The van der Waals surface area contributed by atoms with Crippen LogP contribution in [0.25, 0.3) is 10.2 Å². The normalized spacial score (nSPS) is 18.4. The molecule has 0 radical (unpaired) electrons. The first-order valence-electron chi connectivity index (χ1n) is 7.34. The third-order valence-electron chi connectivity index (χ3n) is 4.09. The molecule has 1 N–H and O–H groups in total. The smallest absolute Gasteiger partial charge is 0.224 e. The van der Waals surface area contributed by atoms with Crippen molar-refractivity contribution in [3.63, 3.8) is 0 Å². The number of hydrogen-bond donors (Lipinski definition) is 1. The second-order valence-corrected chi connectivity index (χ2v) is 6.77. The van der Waals surface area contributed by atoms with Crippen LogP contribution < -0.4 is 5.32 Å². The Morgan fingerprint density at radius 3 is 3.05 bits per heavy atom. The number of thiophene rings is 1. The molecule has 1 saturated heterocycles. The quantitative estimate of drug-likeness (QED) is 0.912. The SMILES string of the molecule is COCCN1C[C@H](Nc2ncnc3sc(C)c(C)c23)CC1=O. The van der Waals surface area contributed by atoms with Crippen LogP contribution >= 0.6 is 11.3 Å². The number of methoxy groups -OCH3 is 1. The third-order valence-corrected chi connectivity index (χ3v) is 5.20. The second-order valence-electron chi connectivity index (χ2n) is 5.56. The van der Waals surface area contributed by atoms with Crippen LogP contribution in [0.2, 0.25) is 0 Å². The number of likely N-dealkylation sites (tertiary alicyclic amines) is 1. The number of anilines is 1. The van der Waals surface area contributed by atoms with Crippen molar-refractivity contribution >= 4 is 33.3 Å². The molecule has 0 aliphatic carbocycles. The average molecular weight is 320 g/mol. The van der Waals surface area contributed by atoms with E-state index in [2.05, 4.69) is 29.1 Å². The van der Waals surface area contributed by atoms with Gasteiger partial charge in [0.2, 0.25) is 5.91 Å². The van der Waals surface area contributed by atoms with Gasteiger partial charge in [0.05, 0.1) is 18.0 Å². The minimum absolute atomic E-state index is 0.0852. The van der Waals surface area contributed by atoms with E-state index in [1.807, 2.05) is 4.90 Å². The van der Waals surface area contributed by atoms with Gasteiger partial charge in [0, 0.05) is 31.5 Å². The average Bonchev–Trinajstić information content (AvgIpc) is 2.98. The summed E-state index contributed by atoms with van der Waals surface area (Å²) < 4.78 is 5.05. The summed E-state index contributed by atoms with van der Waals surface area (Å²) in [5.74, 6) is 0.997. The molecule has 0 aromatic carbocycles. The topological polar surface area (TPSA) is 67.3 Å². The molecule has 0 unspecified atom stereocenters. The van der Waals surface area contributed by atoms with Crippen molar-refractivity contribution in [2.24, 2.45) is 0 Å². The van der Waals surface area contributed by atoms with Crippen molar-refractivity contribution in [3.05, 3.63) is 16.8 Å². The third kappa shape index (κ3) is 2.78. The zero-order valence-electron chi connectivity index (χ0n) is 13.0. The highest BCUT2D eigenvalue weighted by atomic mass is 32.1. The first-order chi connectivity index (χ1) is 10.6. The van der Waals surface area contributed by atoms with Gasteiger partial charge in [-0.05, 0) is 19.4 Å². The number of nitrogens with one attached hydrogen (secondary N) is 1. The number of rotatable bonds is 5. The van der Waals surface area contributed by atoms with Crippen LogP contribution in [0.4, 0.5) is 5.82 Å². The predicted molar refractivity (Wildman–Crippen MR) is 87.4 cm³/mol. The molecule has 6 nitrogen and oxygen atoms in total. The Morgan fingerprint density at radius 2 is 2.27 bits per heavy atom. The van der Waals surface area contributed by atoms with Crippen molar-refractivity contribution in [2.75, 3.05) is 32.1 Å². The molecular weight excluding hydrogens is 300 g/mol.